The molecule has 0 atom stereocenters. The summed E-state index contributed by atoms with van der Waals surface area (Å²) >= 11 is 3.28. The zero-order valence-corrected chi connectivity index (χ0v) is 12.8. The molecule has 0 saturated carbocycles. The lowest BCUT2D eigenvalue weighted by Crippen LogP contribution is -2.30. The highest BCUT2D eigenvalue weighted by atomic mass is 79.9. The van der Waals surface area contributed by atoms with E-state index in [-0.39, 0.29) is 11.4 Å². The van der Waals surface area contributed by atoms with Crippen molar-refractivity contribution in [3.8, 4) is 0 Å². The molecule has 102 valence electrons. The standard InChI is InChI=1S/C13H14BrNO3S/c1-2-15(10-12-6-4-8-18-12)19(16,17)13-7-3-5-11(14)9-13/h3-9H,2,10H2,1H3. The maximum absolute atomic E-state index is 12.5. The van der Waals surface area contributed by atoms with Crippen molar-refractivity contribution < 1.29 is 12.8 Å². The third-order valence-corrected chi connectivity index (χ3v) is 5.11. The maximum atomic E-state index is 12.5. The van der Waals surface area contributed by atoms with Crippen LogP contribution in [0.25, 0.3) is 0 Å². The number of nitrogens with zero attached hydrogens (tertiary/aromatic N) is 1. The molecular weight excluding hydrogens is 330 g/mol. The minimum Gasteiger partial charge on any atom is -0.468 e. The second-order valence-corrected chi connectivity index (χ2v) is 6.82. The first-order valence-corrected chi connectivity index (χ1v) is 8.05. The minimum atomic E-state index is -3.51. The number of hydrogen-bond acceptors (Lipinski definition) is 3. The Bertz CT molecular complexity index is 638. The molecule has 1 heterocycles. The molecule has 0 aliphatic rings. The van der Waals surface area contributed by atoms with Gasteiger partial charge in [-0.2, -0.15) is 4.31 Å². The van der Waals surface area contributed by atoms with Crippen molar-refractivity contribution in [3.63, 3.8) is 0 Å². The summed E-state index contributed by atoms with van der Waals surface area (Å²) in [4.78, 5) is 0.273. The van der Waals surface area contributed by atoms with Crippen molar-refractivity contribution in [1.82, 2.24) is 4.31 Å². The summed E-state index contributed by atoms with van der Waals surface area (Å²) in [5.41, 5.74) is 0. The van der Waals surface area contributed by atoms with E-state index in [2.05, 4.69) is 15.9 Å². The predicted molar refractivity (Wildman–Crippen MR) is 76.1 cm³/mol. The molecule has 4 nitrogen and oxygen atoms in total. The molecule has 2 aromatic rings. The monoisotopic (exact) mass is 343 g/mol. The molecule has 0 radical (unpaired) electrons. The van der Waals surface area contributed by atoms with Crippen LogP contribution in [0.2, 0.25) is 0 Å². The SMILES string of the molecule is CCN(Cc1ccco1)S(=O)(=O)c1cccc(Br)c1. The molecule has 0 fully saturated rings. The topological polar surface area (TPSA) is 50.5 Å². The summed E-state index contributed by atoms with van der Waals surface area (Å²) < 4.78 is 32.3. The predicted octanol–water partition coefficient (Wildman–Crippen LogP) is 3.25. The quantitative estimate of drug-likeness (QED) is 0.837. The number of hydrogen-bond donors (Lipinski definition) is 0. The first-order chi connectivity index (χ1) is 9.04. The number of benzene rings is 1. The van der Waals surface area contributed by atoms with E-state index in [1.165, 1.54) is 10.6 Å². The van der Waals surface area contributed by atoms with E-state index in [0.717, 1.165) is 4.47 Å². The van der Waals surface area contributed by atoms with Crippen molar-refractivity contribution >= 4 is 26.0 Å². The van der Waals surface area contributed by atoms with Crippen LogP contribution in [0.3, 0.4) is 0 Å². The number of halogens is 1. The van der Waals surface area contributed by atoms with E-state index in [0.29, 0.717) is 12.3 Å². The Morgan fingerprint density at radius 1 is 1.26 bits per heavy atom. The summed E-state index contributed by atoms with van der Waals surface area (Å²) in [6.07, 6.45) is 1.54. The molecule has 6 heteroatoms. The molecule has 0 aliphatic carbocycles. The summed E-state index contributed by atoms with van der Waals surface area (Å²) in [5, 5.41) is 0. The average Bonchev–Trinajstić information content (AvgIpc) is 2.88. The fraction of sp³-hybridized carbons (Fsp3) is 0.231. The van der Waals surface area contributed by atoms with Crippen LogP contribution in [-0.4, -0.2) is 19.3 Å². The number of rotatable bonds is 5. The lowest BCUT2D eigenvalue weighted by molar-refractivity contribution is 0.375. The zero-order valence-electron chi connectivity index (χ0n) is 10.4. The van der Waals surface area contributed by atoms with Gasteiger partial charge in [0.05, 0.1) is 17.7 Å². The van der Waals surface area contributed by atoms with Crippen LogP contribution < -0.4 is 0 Å². The van der Waals surface area contributed by atoms with Gasteiger partial charge in [0.25, 0.3) is 0 Å². The molecule has 1 aromatic heterocycles. The molecule has 0 saturated heterocycles. The van der Waals surface area contributed by atoms with Gasteiger partial charge in [-0.3, -0.25) is 0 Å². The summed E-state index contributed by atoms with van der Waals surface area (Å²) in [6.45, 7) is 2.42. The lowest BCUT2D eigenvalue weighted by Gasteiger charge is -2.19. The van der Waals surface area contributed by atoms with Gasteiger partial charge < -0.3 is 4.42 Å². The van der Waals surface area contributed by atoms with Crippen LogP contribution in [0.4, 0.5) is 0 Å². The highest BCUT2D eigenvalue weighted by molar-refractivity contribution is 9.10. The molecule has 0 bridgehead atoms. The highest BCUT2D eigenvalue weighted by Gasteiger charge is 2.24. The minimum absolute atomic E-state index is 0.234. The molecule has 0 unspecified atom stereocenters. The Morgan fingerprint density at radius 3 is 2.63 bits per heavy atom. The third kappa shape index (κ3) is 3.26. The van der Waals surface area contributed by atoms with E-state index in [1.54, 1.807) is 43.3 Å². The largest absolute Gasteiger partial charge is 0.468 e. The molecule has 0 spiro atoms. The molecule has 0 aliphatic heterocycles. The van der Waals surface area contributed by atoms with Gasteiger partial charge in [-0.1, -0.05) is 28.9 Å². The van der Waals surface area contributed by atoms with Crippen LogP contribution in [0.5, 0.6) is 0 Å². The molecular formula is C13H14BrNO3S. The second kappa shape index (κ2) is 5.90. The van der Waals surface area contributed by atoms with Gasteiger partial charge in [-0.05, 0) is 30.3 Å². The van der Waals surface area contributed by atoms with Crippen LogP contribution in [0.1, 0.15) is 12.7 Å². The Hall–Kier alpha value is -1.11. The average molecular weight is 344 g/mol. The van der Waals surface area contributed by atoms with Gasteiger partial charge in [0.15, 0.2) is 0 Å². The molecule has 2 rings (SSSR count). The van der Waals surface area contributed by atoms with Crippen molar-refractivity contribution in [2.24, 2.45) is 0 Å². The Morgan fingerprint density at radius 2 is 2.05 bits per heavy atom. The van der Waals surface area contributed by atoms with Crippen molar-refractivity contribution in [3.05, 3.63) is 52.9 Å². The Labute approximate surface area is 121 Å². The van der Waals surface area contributed by atoms with Gasteiger partial charge in [0.2, 0.25) is 10.0 Å². The summed E-state index contributed by atoms with van der Waals surface area (Å²) in [5.74, 6) is 0.625. The van der Waals surface area contributed by atoms with Crippen molar-refractivity contribution in [2.45, 2.75) is 18.4 Å². The normalized spacial score (nSPS) is 11.9. The fourth-order valence-electron chi connectivity index (χ4n) is 1.72. The van der Waals surface area contributed by atoms with Gasteiger partial charge in [-0.25, -0.2) is 8.42 Å². The lowest BCUT2D eigenvalue weighted by atomic mass is 10.4. The Kier molecular flexibility index (Phi) is 4.44. The van der Waals surface area contributed by atoms with Crippen LogP contribution in [-0.2, 0) is 16.6 Å². The number of furan rings is 1. The first kappa shape index (κ1) is 14.3. The third-order valence-electron chi connectivity index (χ3n) is 2.70. The summed E-state index contributed by atoms with van der Waals surface area (Å²) in [6, 6.07) is 10.2. The maximum Gasteiger partial charge on any atom is 0.243 e. The van der Waals surface area contributed by atoms with Crippen LogP contribution in [0.15, 0.2) is 56.4 Å². The van der Waals surface area contributed by atoms with E-state index in [4.69, 9.17) is 4.42 Å². The van der Waals surface area contributed by atoms with Gasteiger partial charge >= 0.3 is 0 Å². The van der Waals surface area contributed by atoms with E-state index in [9.17, 15) is 8.42 Å². The molecule has 1 aromatic carbocycles. The number of sulfonamides is 1. The molecule has 0 N–H and O–H groups in total. The summed E-state index contributed by atoms with van der Waals surface area (Å²) in [7, 11) is -3.51. The van der Waals surface area contributed by atoms with Crippen LogP contribution >= 0.6 is 15.9 Å². The van der Waals surface area contributed by atoms with Gasteiger partial charge in [0, 0.05) is 11.0 Å². The van der Waals surface area contributed by atoms with E-state index in [1.807, 2.05) is 0 Å². The van der Waals surface area contributed by atoms with Gasteiger partial charge in [0.1, 0.15) is 5.76 Å². The highest BCUT2D eigenvalue weighted by Crippen LogP contribution is 2.21. The van der Waals surface area contributed by atoms with E-state index < -0.39 is 10.0 Å². The van der Waals surface area contributed by atoms with Crippen LogP contribution in [0, 0.1) is 0 Å². The van der Waals surface area contributed by atoms with Crippen molar-refractivity contribution in [1.29, 1.82) is 0 Å². The van der Waals surface area contributed by atoms with E-state index >= 15 is 0 Å². The Balaban J connectivity index is 2.31. The second-order valence-electron chi connectivity index (χ2n) is 3.97. The smallest absolute Gasteiger partial charge is 0.243 e. The molecule has 19 heavy (non-hydrogen) atoms. The first-order valence-electron chi connectivity index (χ1n) is 5.82. The molecule has 0 amide bonds. The zero-order chi connectivity index (χ0) is 13.9. The van der Waals surface area contributed by atoms with Crippen molar-refractivity contribution in [2.75, 3.05) is 6.54 Å². The van der Waals surface area contributed by atoms with Gasteiger partial charge in [-0.15, -0.1) is 0 Å². The fourth-order valence-corrected chi connectivity index (χ4v) is 3.73.